The molecular formula is C16H25N3OS. The molecule has 5 heteroatoms. The van der Waals surface area contributed by atoms with E-state index in [1.807, 2.05) is 13.8 Å². The molecule has 2 rings (SSSR count). The van der Waals surface area contributed by atoms with Gasteiger partial charge in [-0.2, -0.15) is 0 Å². The van der Waals surface area contributed by atoms with Gasteiger partial charge in [0.05, 0.1) is 22.9 Å². The summed E-state index contributed by atoms with van der Waals surface area (Å²) in [6.07, 6.45) is 0. The fourth-order valence-corrected chi connectivity index (χ4v) is 3.23. The Morgan fingerprint density at radius 3 is 2.29 bits per heavy atom. The third kappa shape index (κ3) is 3.71. The number of aryl methyl sites for hydroxylation is 3. The molecule has 21 heavy (non-hydrogen) atoms. The zero-order chi connectivity index (χ0) is 15.8. The first-order valence-corrected chi connectivity index (χ1v) is 8.14. The van der Waals surface area contributed by atoms with E-state index >= 15 is 0 Å². The Morgan fingerprint density at radius 1 is 1.14 bits per heavy atom. The third-order valence-electron chi connectivity index (χ3n) is 3.50. The zero-order valence-electron chi connectivity index (χ0n) is 14.0. The fraction of sp³-hybridized carbons (Fsp3) is 0.625. The first kappa shape index (κ1) is 16.2. The third-order valence-corrected chi connectivity index (χ3v) is 5.27. The molecular weight excluding hydrogens is 282 g/mol. The highest BCUT2D eigenvalue weighted by atomic mass is 32.1. The molecule has 1 unspecified atom stereocenters. The molecule has 0 fully saturated rings. The molecule has 0 aromatic carbocycles. The maximum atomic E-state index is 5.60. The van der Waals surface area contributed by atoms with Crippen molar-refractivity contribution >= 4 is 11.3 Å². The van der Waals surface area contributed by atoms with Gasteiger partial charge in [-0.1, -0.05) is 20.8 Å². The normalized spacial score (nSPS) is 13.7. The minimum absolute atomic E-state index is 0.101. The Balaban J connectivity index is 2.06. The van der Waals surface area contributed by atoms with Crippen LogP contribution in [-0.4, -0.2) is 9.97 Å². The van der Waals surface area contributed by atoms with Crippen LogP contribution in [0.5, 0.6) is 0 Å². The summed E-state index contributed by atoms with van der Waals surface area (Å²) in [6.45, 7) is 15.4. The van der Waals surface area contributed by atoms with Gasteiger partial charge in [0.25, 0.3) is 0 Å². The monoisotopic (exact) mass is 307 g/mol. The molecule has 0 saturated carbocycles. The first-order valence-electron chi connectivity index (χ1n) is 7.32. The van der Waals surface area contributed by atoms with Crippen LogP contribution in [0.4, 0.5) is 0 Å². The Bertz CT molecular complexity index is 602. The smallest absolute Gasteiger partial charge is 0.208 e. The lowest BCUT2D eigenvalue weighted by molar-refractivity contribution is 0.433. The molecule has 116 valence electrons. The van der Waals surface area contributed by atoms with Crippen molar-refractivity contribution in [2.45, 2.75) is 66.5 Å². The quantitative estimate of drug-likeness (QED) is 0.919. The number of rotatable bonds is 4. The number of hydrogen-bond donors (Lipinski definition) is 1. The van der Waals surface area contributed by atoms with Crippen LogP contribution < -0.4 is 5.32 Å². The van der Waals surface area contributed by atoms with Crippen LogP contribution in [0.2, 0.25) is 0 Å². The summed E-state index contributed by atoms with van der Waals surface area (Å²) in [6, 6.07) is 0.242. The van der Waals surface area contributed by atoms with E-state index in [1.165, 1.54) is 9.88 Å². The van der Waals surface area contributed by atoms with Crippen LogP contribution >= 0.6 is 11.3 Å². The van der Waals surface area contributed by atoms with Gasteiger partial charge in [0.15, 0.2) is 0 Å². The molecule has 4 nitrogen and oxygen atoms in total. The van der Waals surface area contributed by atoms with Crippen LogP contribution in [0, 0.1) is 20.8 Å². The average molecular weight is 307 g/mol. The molecule has 2 heterocycles. The SMILES string of the molecule is Cc1nc(CNC(C)c2sc(C(C)(C)C)nc2C)oc1C. The van der Waals surface area contributed by atoms with Gasteiger partial charge in [0.1, 0.15) is 5.76 Å². The summed E-state index contributed by atoms with van der Waals surface area (Å²) in [7, 11) is 0. The van der Waals surface area contributed by atoms with Gasteiger partial charge < -0.3 is 9.73 Å². The highest BCUT2D eigenvalue weighted by Crippen LogP contribution is 2.32. The van der Waals surface area contributed by atoms with E-state index in [4.69, 9.17) is 9.40 Å². The van der Waals surface area contributed by atoms with Gasteiger partial charge in [0.2, 0.25) is 5.89 Å². The second kappa shape index (κ2) is 5.89. The Kier molecular flexibility index (Phi) is 4.54. The maximum Gasteiger partial charge on any atom is 0.208 e. The highest BCUT2D eigenvalue weighted by Gasteiger charge is 2.22. The molecule has 0 saturated heterocycles. The van der Waals surface area contributed by atoms with Crippen molar-refractivity contribution < 1.29 is 4.42 Å². The van der Waals surface area contributed by atoms with Gasteiger partial charge in [0, 0.05) is 16.3 Å². The summed E-state index contributed by atoms with van der Waals surface area (Å²) in [5, 5.41) is 4.66. The molecule has 0 aliphatic rings. The molecule has 2 aromatic rings. The number of hydrogen-bond acceptors (Lipinski definition) is 5. The number of thiazole rings is 1. The van der Waals surface area contributed by atoms with Crippen LogP contribution in [0.3, 0.4) is 0 Å². The van der Waals surface area contributed by atoms with Gasteiger partial charge in [-0.15, -0.1) is 11.3 Å². The summed E-state index contributed by atoms with van der Waals surface area (Å²) < 4.78 is 5.60. The molecule has 0 aliphatic heterocycles. The number of nitrogens with zero attached hydrogens (tertiary/aromatic N) is 2. The fourth-order valence-electron chi connectivity index (χ4n) is 2.08. The van der Waals surface area contributed by atoms with E-state index < -0.39 is 0 Å². The largest absolute Gasteiger partial charge is 0.444 e. The summed E-state index contributed by atoms with van der Waals surface area (Å²) in [5.74, 6) is 1.64. The number of nitrogens with one attached hydrogen (secondary N) is 1. The van der Waals surface area contributed by atoms with E-state index in [0.29, 0.717) is 6.54 Å². The lowest BCUT2D eigenvalue weighted by atomic mass is 9.98. The van der Waals surface area contributed by atoms with E-state index in [1.54, 1.807) is 11.3 Å². The van der Waals surface area contributed by atoms with E-state index in [-0.39, 0.29) is 11.5 Å². The predicted molar refractivity (Wildman–Crippen MR) is 86.8 cm³/mol. The number of aromatic nitrogens is 2. The van der Waals surface area contributed by atoms with Crippen LogP contribution in [0.25, 0.3) is 0 Å². The van der Waals surface area contributed by atoms with Crippen molar-refractivity contribution in [3.05, 3.63) is 32.9 Å². The van der Waals surface area contributed by atoms with Crippen molar-refractivity contribution in [3.8, 4) is 0 Å². The Labute approximate surface area is 131 Å². The van der Waals surface area contributed by atoms with E-state index in [9.17, 15) is 0 Å². The lowest BCUT2D eigenvalue weighted by Gasteiger charge is -2.14. The van der Waals surface area contributed by atoms with E-state index in [2.05, 4.69) is 44.9 Å². The molecule has 1 atom stereocenters. The van der Waals surface area contributed by atoms with Crippen LogP contribution in [-0.2, 0) is 12.0 Å². The minimum atomic E-state index is 0.101. The summed E-state index contributed by atoms with van der Waals surface area (Å²) in [5.41, 5.74) is 2.18. The van der Waals surface area contributed by atoms with Crippen molar-refractivity contribution in [2.75, 3.05) is 0 Å². The lowest BCUT2D eigenvalue weighted by Crippen LogP contribution is -2.18. The summed E-state index contributed by atoms with van der Waals surface area (Å²) >= 11 is 1.79. The van der Waals surface area contributed by atoms with Crippen molar-refractivity contribution in [1.82, 2.24) is 15.3 Å². The predicted octanol–water partition coefficient (Wildman–Crippen LogP) is 4.20. The van der Waals surface area contributed by atoms with Crippen molar-refractivity contribution in [3.63, 3.8) is 0 Å². The van der Waals surface area contributed by atoms with Crippen LogP contribution in [0.1, 0.15) is 66.7 Å². The topological polar surface area (TPSA) is 51.0 Å². The molecule has 0 spiro atoms. The van der Waals surface area contributed by atoms with Crippen LogP contribution in [0.15, 0.2) is 4.42 Å². The molecule has 0 bridgehead atoms. The van der Waals surface area contributed by atoms with Gasteiger partial charge in [-0.3, -0.25) is 0 Å². The summed E-state index contributed by atoms with van der Waals surface area (Å²) in [4.78, 5) is 10.4. The second-order valence-electron chi connectivity index (χ2n) is 6.57. The zero-order valence-corrected chi connectivity index (χ0v) is 14.8. The molecule has 0 aliphatic carbocycles. The standard InChI is InChI=1S/C16H25N3OS/c1-9-12(4)20-13(18-9)8-17-10(2)14-11(3)19-15(21-14)16(5,6)7/h10,17H,8H2,1-7H3. The Hall–Kier alpha value is -1.20. The van der Waals surface area contributed by atoms with Gasteiger partial charge in [-0.05, 0) is 27.7 Å². The second-order valence-corrected chi connectivity index (χ2v) is 7.60. The van der Waals surface area contributed by atoms with Gasteiger partial charge >= 0.3 is 0 Å². The molecule has 0 radical (unpaired) electrons. The molecule has 0 amide bonds. The highest BCUT2D eigenvalue weighted by molar-refractivity contribution is 7.12. The molecule has 2 aromatic heterocycles. The maximum absolute atomic E-state index is 5.60. The number of oxazole rings is 1. The minimum Gasteiger partial charge on any atom is -0.444 e. The average Bonchev–Trinajstić information content (AvgIpc) is 2.90. The van der Waals surface area contributed by atoms with E-state index in [0.717, 1.165) is 23.0 Å². The Morgan fingerprint density at radius 2 is 1.81 bits per heavy atom. The molecule has 1 N–H and O–H groups in total. The van der Waals surface area contributed by atoms with Gasteiger partial charge in [-0.25, -0.2) is 9.97 Å². The van der Waals surface area contributed by atoms with Crippen molar-refractivity contribution in [2.24, 2.45) is 0 Å². The van der Waals surface area contributed by atoms with Crippen molar-refractivity contribution in [1.29, 1.82) is 0 Å². The first-order chi connectivity index (χ1) is 9.68.